The van der Waals surface area contributed by atoms with Crippen LogP contribution < -0.4 is 5.73 Å². The second-order valence-electron chi connectivity index (χ2n) is 3.67. The lowest BCUT2D eigenvalue weighted by atomic mass is 9.90. The van der Waals surface area contributed by atoms with Crippen molar-refractivity contribution >= 4 is 0 Å². The van der Waals surface area contributed by atoms with Crippen molar-refractivity contribution in [2.75, 3.05) is 6.54 Å². The molecule has 0 aromatic rings. The van der Waals surface area contributed by atoms with Gasteiger partial charge in [0, 0.05) is 0 Å². The van der Waals surface area contributed by atoms with E-state index in [0.29, 0.717) is 0 Å². The highest BCUT2D eigenvalue weighted by molar-refractivity contribution is 4.92. The standard InChI is InChI=1S/C8H15N/c9-5-6-1-2-7-4-8(7)3-6/h6-8H,1-5,9H2. The van der Waals surface area contributed by atoms with E-state index in [1.54, 1.807) is 0 Å². The Hall–Kier alpha value is -0.0400. The van der Waals surface area contributed by atoms with Gasteiger partial charge in [-0.05, 0) is 50.0 Å². The zero-order valence-electron chi connectivity index (χ0n) is 5.84. The predicted molar refractivity (Wildman–Crippen MR) is 38.0 cm³/mol. The number of fused-ring (bicyclic) bond motifs is 1. The van der Waals surface area contributed by atoms with Crippen LogP contribution in [0.3, 0.4) is 0 Å². The summed E-state index contributed by atoms with van der Waals surface area (Å²) >= 11 is 0. The maximum atomic E-state index is 5.58. The SMILES string of the molecule is NCC1CCC2CC2C1. The van der Waals surface area contributed by atoms with Crippen LogP contribution in [0.25, 0.3) is 0 Å². The molecule has 0 radical (unpaired) electrons. The topological polar surface area (TPSA) is 26.0 Å². The molecule has 0 aliphatic heterocycles. The zero-order valence-corrected chi connectivity index (χ0v) is 5.84. The van der Waals surface area contributed by atoms with Crippen LogP contribution in [0.1, 0.15) is 25.7 Å². The van der Waals surface area contributed by atoms with E-state index < -0.39 is 0 Å². The summed E-state index contributed by atoms with van der Waals surface area (Å²) in [5, 5.41) is 0. The predicted octanol–water partition coefficient (Wildman–Crippen LogP) is 1.38. The van der Waals surface area contributed by atoms with Crippen molar-refractivity contribution in [1.82, 2.24) is 0 Å². The lowest BCUT2D eigenvalue weighted by Gasteiger charge is -2.18. The van der Waals surface area contributed by atoms with Gasteiger partial charge < -0.3 is 5.73 Å². The second-order valence-corrected chi connectivity index (χ2v) is 3.67. The van der Waals surface area contributed by atoms with Crippen LogP contribution in [-0.4, -0.2) is 6.54 Å². The average Bonchev–Trinajstić information content (AvgIpc) is 2.64. The molecular formula is C8H15N. The van der Waals surface area contributed by atoms with Gasteiger partial charge in [0.15, 0.2) is 0 Å². The molecule has 9 heavy (non-hydrogen) atoms. The Morgan fingerprint density at radius 1 is 1.11 bits per heavy atom. The van der Waals surface area contributed by atoms with E-state index in [9.17, 15) is 0 Å². The summed E-state index contributed by atoms with van der Waals surface area (Å²) in [6.45, 7) is 0.934. The first-order valence-electron chi connectivity index (χ1n) is 4.10. The van der Waals surface area contributed by atoms with Gasteiger partial charge in [0.1, 0.15) is 0 Å². The van der Waals surface area contributed by atoms with Crippen molar-refractivity contribution < 1.29 is 0 Å². The molecule has 0 bridgehead atoms. The van der Waals surface area contributed by atoms with Gasteiger partial charge in [0.2, 0.25) is 0 Å². The van der Waals surface area contributed by atoms with Crippen LogP contribution >= 0.6 is 0 Å². The molecule has 2 saturated carbocycles. The average molecular weight is 125 g/mol. The van der Waals surface area contributed by atoms with Crippen molar-refractivity contribution in [2.45, 2.75) is 25.7 Å². The first kappa shape index (κ1) is 5.72. The minimum atomic E-state index is 0.883. The van der Waals surface area contributed by atoms with Crippen molar-refractivity contribution in [3.63, 3.8) is 0 Å². The molecule has 0 spiro atoms. The van der Waals surface area contributed by atoms with Crippen molar-refractivity contribution in [1.29, 1.82) is 0 Å². The fraction of sp³-hybridized carbons (Fsp3) is 1.00. The van der Waals surface area contributed by atoms with Gasteiger partial charge in [-0.1, -0.05) is 0 Å². The molecule has 2 aliphatic rings. The van der Waals surface area contributed by atoms with Gasteiger partial charge in [0.05, 0.1) is 0 Å². The fourth-order valence-electron chi connectivity index (χ4n) is 2.16. The molecule has 3 unspecified atom stereocenters. The molecule has 1 heteroatoms. The Morgan fingerprint density at radius 2 is 2.00 bits per heavy atom. The molecule has 0 aromatic heterocycles. The normalized spacial score (nSPS) is 48.3. The number of rotatable bonds is 1. The van der Waals surface area contributed by atoms with E-state index in [1.807, 2.05) is 0 Å². The quantitative estimate of drug-likeness (QED) is 0.563. The third-order valence-corrected chi connectivity index (χ3v) is 2.98. The third kappa shape index (κ3) is 0.983. The summed E-state index contributed by atoms with van der Waals surface area (Å²) in [5.74, 6) is 3.12. The molecule has 3 atom stereocenters. The molecule has 52 valence electrons. The van der Waals surface area contributed by atoms with E-state index in [1.165, 1.54) is 25.7 Å². The highest BCUT2D eigenvalue weighted by atomic mass is 14.6. The minimum absolute atomic E-state index is 0.883. The van der Waals surface area contributed by atoms with Crippen LogP contribution in [0.15, 0.2) is 0 Å². The maximum Gasteiger partial charge on any atom is -0.00488 e. The number of hydrogen-bond acceptors (Lipinski definition) is 1. The largest absolute Gasteiger partial charge is 0.330 e. The number of hydrogen-bond donors (Lipinski definition) is 1. The maximum absolute atomic E-state index is 5.58. The lowest BCUT2D eigenvalue weighted by molar-refractivity contribution is 0.351. The fourth-order valence-corrected chi connectivity index (χ4v) is 2.16. The van der Waals surface area contributed by atoms with Crippen molar-refractivity contribution in [3.05, 3.63) is 0 Å². The molecule has 1 nitrogen and oxygen atoms in total. The highest BCUT2D eigenvalue weighted by Crippen LogP contribution is 2.50. The Balaban J connectivity index is 1.86. The monoisotopic (exact) mass is 125 g/mol. The number of nitrogens with two attached hydrogens (primary N) is 1. The molecular weight excluding hydrogens is 110 g/mol. The Kier molecular flexibility index (Phi) is 1.26. The van der Waals surface area contributed by atoms with E-state index >= 15 is 0 Å². The second kappa shape index (κ2) is 1.98. The third-order valence-electron chi connectivity index (χ3n) is 2.98. The lowest BCUT2D eigenvalue weighted by Crippen LogP contribution is -2.18. The summed E-state index contributed by atoms with van der Waals surface area (Å²) < 4.78 is 0. The molecule has 0 saturated heterocycles. The van der Waals surface area contributed by atoms with E-state index in [4.69, 9.17) is 5.73 Å². The summed E-state index contributed by atoms with van der Waals surface area (Å²) in [6.07, 6.45) is 5.86. The smallest absolute Gasteiger partial charge is 0.00488 e. The van der Waals surface area contributed by atoms with Crippen molar-refractivity contribution in [3.8, 4) is 0 Å². The van der Waals surface area contributed by atoms with Crippen LogP contribution in [0.5, 0.6) is 0 Å². The molecule has 2 N–H and O–H groups in total. The zero-order chi connectivity index (χ0) is 6.27. The Bertz CT molecular complexity index is 111. The minimum Gasteiger partial charge on any atom is -0.330 e. The van der Waals surface area contributed by atoms with E-state index in [0.717, 1.165) is 24.3 Å². The molecule has 0 aromatic carbocycles. The summed E-state index contributed by atoms with van der Waals surface area (Å²) in [5.41, 5.74) is 5.58. The summed E-state index contributed by atoms with van der Waals surface area (Å²) in [6, 6.07) is 0. The molecule has 2 rings (SSSR count). The van der Waals surface area contributed by atoms with E-state index in [-0.39, 0.29) is 0 Å². The van der Waals surface area contributed by atoms with Gasteiger partial charge in [-0.15, -0.1) is 0 Å². The molecule has 2 aliphatic carbocycles. The molecule has 0 amide bonds. The van der Waals surface area contributed by atoms with Crippen LogP contribution in [0, 0.1) is 17.8 Å². The van der Waals surface area contributed by atoms with Crippen LogP contribution in [-0.2, 0) is 0 Å². The van der Waals surface area contributed by atoms with Gasteiger partial charge in [-0.25, -0.2) is 0 Å². The van der Waals surface area contributed by atoms with Crippen LogP contribution in [0.4, 0.5) is 0 Å². The van der Waals surface area contributed by atoms with Gasteiger partial charge in [0.25, 0.3) is 0 Å². The van der Waals surface area contributed by atoms with Gasteiger partial charge >= 0.3 is 0 Å². The highest BCUT2D eigenvalue weighted by Gasteiger charge is 2.41. The first-order chi connectivity index (χ1) is 4.40. The van der Waals surface area contributed by atoms with Crippen molar-refractivity contribution in [2.24, 2.45) is 23.5 Å². The summed E-state index contributed by atoms with van der Waals surface area (Å²) in [7, 11) is 0. The summed E-state index contributed by atoms with van der Waals surface area (Å²) in [4.78, 5) is 0. The molecule has 0 heterocycles. The Labute approximate surface area is 56.6 Å². The first-order valence-corrected chi connectivity index (χ1v) is 4.10. The van der Waals surface area contributed by atoms with Gasteiger partial charge in [-0.3, -0.25) is 0 Å². The molecule has 2 fully saturated rings. The van der Waals surface area contributed by atoms with E-state index in [2.05, 4.69) is 0 Å². The van der Waals surface area contributed by atoms with Crippen LogP contribution in [0.2, 0.25) is 0 Å². The van der Waals surface area contributed by atoms with Gasteiger partial charge in [-0.2, -0.15) is 0 Å². The Morgan fingerprint density at radius 3 is 2.67 bits per heavy atom.